The number of ether oxygens (including phenoxy) is 5. The van der Waals surface area contributed by atoms with Gasteiger partial charge in [-0.2, -0.15) is 4.52 Å². The van der Waals surface area contributed by atoms with Gasteiger partial charge < -0.3 is 23.7 Å². The summed E-state index contributed by atoms with van der Waals surface area (Å²) in [6, 6.07) is 8.66. The third-order valence-corrected chi connectivity index (χ3v) is 5.84. The van der Waals surface area contributed by atoms with Crippen LogP contribution in [0.1, 0.15) is 31.1 Å². The van der Waals surface area contributed by atoms with E-state index < -0.39 is 0 Å². The average Bonchev–Trinajstić information content (AvgIpc) is 3.45. The Morgan fingerprint density at radius 3 is 2.17 bits per heavy atom. The molecule has 190 valence electrons. The van der Waals surface area contributed by atoms with Crippen LogP contribution in [-0.2, 0) is 0 Å². The van der Waals surface area contributed by atoms with Gasteiger partial charge in [0.05, 0.1) is 34.0 Å². The zero-order valence-electron chi connectivity index (χ0n) is 20.7. The van der Waals surface area contributed by atoms with Crippen molar-refractivity contribution in [3.8, 4) is 40.1 Å². The minimum Gasteiger partial charge on any atom is -0.493 e. The Labute approximate surface area is 211 Å². The van der Waals surface area contributed by atoms with Crippen LogP contribution in [0.5, 0.6) is 28.7 Å². The van der Waals surface area contributed by atoms with Crippen molar-refractivity contribution in [3.63, 3.8) is 0 Å². The first-order valence-corrected chi connectivity index (χ1v) is 12.2. The standard InChI is InChI=1S/C24H27N5O6S/c1-6-33-18-12-15(13-19(34-7-2)20(18)35-8-3)22(30)25-23-28-29-21(26-27-24(29)36-23)14-9-10-16(31-4)17(11-14)32-5/h9-13H,6-8H2,1-5H3,(H,25,28,30). The SMILES string of the molecule is CCOc1cc(C(=O)Nc2nn3c(-c4ccc(OC)c(OC)c4)nnc3s2)cc(OCC)c1OCC. The van der Waals surface area contributed by atoms with E-state index in [2.05, 4.69) is 20.6 Å². The molecule has 0 spiro atoms. The van der Waals surface area contributed by atoms with E-state index in [1.54, 1.807) is 43.0 Å². The van der Waals surface area contributed by atoms with Crippen LogP contribution in [0.25, 0.3) is 16.3 Å². The maximum Gasteiger partial charge on any atom is 0.257 e. The number of amides is 1. The lowest BCUT2D eigenvalue weighted by atomic mass is 10.1. The van der Waals surface area contributed by atoms with Gasteiger partial charge in [0.2, 0.25) is 15.8 Å². The van der Waals surface area contributed by atoms with E-state index in [1.165, 1.54) is 11.3 Å². The number of nitrogens with one attached hydrogen (secondary N) is 1. The fraction of sp³-hybridized carbons (Fsp3) is 0.333. The predicted molar refractivity (Wildman–Crippen MR) is 135 cm³/mol. The second kappa shape index (κ2) is 11.1. The van der Waals surface area contributed by atoms with E-state index in [4.69, 9.17) is 23.7 Å². The molecular formula is C24H27N5O6S. The van der Waals surface area contributed by atoms with Gasteiger partial charge in [0.15, 0.2) is 28.8 Å². The van der Waals surface area contributed by atoms with Crippen LogP contribution in [0, 0.1) is 0 Å². The van der Waals surface area contributed by atoms with Gasteiger partial charge >= 0.3 is 0 Å². The van der Waals surface area contributed by atoms with Crippen molar-refractivity contribution in [1.82, 2.24) is 19.8 Å². The molecule has 0 unspecified atom stereocenters. The lowest BCUT2D eigenvalue weighted by molar-refractivity contribution is 0.102. The Morgan fingerprint density at radius 2 is 1.56 bits per heavy atom. The number of benzene rings is 2. The number of carbonyl (C=O) groups excluding carboxylic acids is 1. The highest BCUT2D eigenvalue weighted by atomic mass is 32.1. The molecule has 0 aliphatic carbocycles. The largest absolute Gasteiger partial charge is 0.493 e. The maximum atomic E-state index is 13.1. The van der Waals surface area contributed by atoms with Crippen molar-refractivity contribution >= 4 is 27.3 Å². The highest BCUT2D eigenvalue weighted by Gasteiger charge is 2.21. The van der Waals surface area contributed by atoms with Gasteiger partial charge in [0.25, 0.3) is 5.91 Å². The van der Waals surface area contributed by atoms with Gasteiger partial charge in [-0.25, -0.2) is 0 Å². The van der Waals surface area contributed by atoms with Gasteiger partial charge in [-0.3, -0.25) is 10.1 Å². The number of rotatable bonds is 11. The summed E-state index contributed by atoms with van der Waals surface area (Å²) in [4.78, 5) is 13.7. The first-order chi connectivity index (χ1) is 17.5. The molecule has 0 radical (unpaired) electrons. The van der Waals surface area contributed by atoms with Crippen LogP contribution in [0.2, 0.25) is 0 Å². The zero-order chi connectivity index (χ0) is 25.7. The molecule has 1 amide bonds. The van der Waals surface area contributed by atoms with Crippen molar-refractivity contribution in [1.29, 1.82) is 0 Å². The maximum absolute atomic E-state index is 13.1. The van der Waals surface area contributed by atoms with E-state index in [1.807, 2.05) is 26.8 Å². The summed E-state index contributed by atoms with van der Waals surface area (Å²) in [5.74, 6) is 2.62. The smallest absolute Gasteiger partial charge is 0.257 e. The van der Waals surface area contributed by atoms with E-state index in [9.17, 15) is 4.79 Å². The average molecular weight is 514 g/mol. The van der Waals surface area contributed by atoms with Crippen LogP contribution >= 0.6 is 11.3 Å². The Morgan fingerprint density at radius 1 is 0.889 bits per heavy atom. The summed E-state index contributed by atoms with van der Waals surface area (Å²) in [5, 5.41) is 16.1. The minimum absolute atomic E-state index is 0.344. The highest BCUT2D eigenvalue weighted by molar-refractivity contribution is 7.20. The second-order valence-corrected chi connectivity index (χ2v) is 8.21. The van der Waals surface area contributed by atoms with E-state index in [-0.39, 0.29) is 5.91 Å². The van der Waals surface area contributed by atoms with E-state index in [0.29, 0.717) is 70.0 Å². The van der Waals surface area contributed by atoms with Crippen LogP contribution in [0.15, 0.2) is 30.3 Å². The molecule has 0 bridgehead atoms. The van der Waals surface area contributed by atoms with Gasteiger partial charge in [-0.05, 0) is 51.1 Å². The molecule has 1 N–H and O–H groups in total. The molecule has 11 nitrogen and oxygen atoms in total. The molecule has 0 saturated heterocycles. The predicted octanol–water partition coefficient (Wildman–Crippen LogP) is 4.32. The van der Waals surface area contributed by atoms with E-state index in [0.717, 1.165) is 5.56 Å². The second-order valence-electron chi connectivity index (χ2n) is 7.25. The van der Waals surface area contributed by atoms with Crippen molar-refractivity contribution in [3.05, 3.63) is 35.9 Å². The molecule has 4 aromatic rings. The topological polar surface area (TPSA) is 118 Å². The van der Waals surface area contributed by atoms with Crippen molar-refractivity contribution in [2.24, 2.45) is 0 Å². The summed E-state index contributed by atoms with van der Waals surface area (Å²) in [6.07, 6.45) is 0. The Balaban J connectivity index is 1.63. The third kappa shape index (κ3) is 4.98. The quantitative estimate of drug-likeness (QED) is 0.313. The van der Waals surface area contributed by atoms with Crippen molar-refractivity contribution in [2.75, 3.05) is 39.4 Å². The number of fused-ring (bicyclic) bond motifs is 1. The number of anilines is 1. The molecule has 0 fully saturated rings. The van der Waals surface area contributed by atoms with Crippen LogP contribution < -0.4 is 29.0 Å². The normalized spacial score (nSPS) is 10.8. The molecule has 0 saturated carbocycles. The molecule has 0 aliphatic rings. The molecule has 0 aliphatic heterocycles. The number of aromatic nitrogens is 4. The molecule has 36 heavy (non-hydrogen) atoms. The molecule has 2 heterocycles. The number of hydrogen-bond donors (Lipinski definition) is 1. The molecule has 0 atom stereocenters. The number of nitrogens with zero attached hydrogens (tertiary/aromatic N) is 4. The summed E-state index contributed by atoms with van der Waals surface area (Å²) >= 11 is 1.20. The lowest BCUT2D eigenvalue weighted by Crippen LogP contribution is -2.13. The Bertz CT molecular complexity index is 1340. The molecule has 2 aromatic heterocycles. The lowest BCUT2D eigenvalue weighted by Gasteiger charge is -2.16. The molecular weight excluding hydrogens is 486 g/mol. The molecule has 4 rings (SSSR count). The highest BCUT2D eigenvalue weighted by Crippen LogP contribution is 2.39. The first-order valence-electron chi connectivity index (χ1n) is 11.3. The number of carbonyl (C=O) groups is 1. The fourth-order valence-corrected chi connectivity index (χ4v) is 4.25. The Kier molecular flexibility index (Phi) is 7.74. The van der Waals surface area contributed by atoms with Gasteiger partial charge in [0, 0.05) is 11.1 Å². The monoisotopic (exact) mass is 513 g/mol. The summed E-state index contributed by atoms with van der Waals surface area (Å²) in [7, 11) is 3.13. The van der Waals surface area contributed by atoms with Crippen molar-refractivity contribution < 1.29 is 28.5 Å². The van der Waals surface area contributed by atoms with Gasteiger partial charge in [-0.15, -0.1) is 15.3 Å². The zero-order valence-corrected chi connectivity index (χ0v) is 21.5. The Hall–Kier alpha value is -4.06. The third-order valence-electron chi connectivity index (χ3n) is 5.02. The van der Waals surface area contributed by atoms with Crippen LogP contribution in [0.4, 0.5) is 5.13 Å². The summed E-state index contributed by atoms with van der Waals surface area (Å²) < 4.78 is 29.4. The summed E-state index contributed by atoms with van der Waals surface area (Å²) in [5.41, 5.74) is 1.08. The van der Waals surface area contributed by atoms with Crippen molar-refractivity contribution in [2.45, 2.75) is 20.8 Å². The summed E-state index contributed by atoms with van der Waals surface area (Å²) in [6.45, 7) is 6.84. The van der Waals surface area contributed by atoms with Crippen LogP contribution in [-0.4, -0.2) is 59.8 Å². The first kappa shape index (κ1) is 25.0. The number of methoxy groups -OCH3 is 2. The minimum atomic E-state index is -0.377. The number of hydrogen-bond acceptors (Lipinski definition) is 10. The fourth-order valence-electron chi connectivity index (χ4n) is 3.51. The molecule has 2 aromatic carbocycles. The van der Waals surface area contributed by atoms with Gasteiger partial charge in [0.1, 0.15) is 0 Å². The molecule has 12 heteroatoms. The van der Waals surface area contributed by atoms with Gasteiger partial charge in [-0.1, -0.05) is 11.3 Å². The van der Waals surface area contributed by atoms with Crippen LogP contribution in [0.3, 0.4) is 0 Å². The van der Waals surface area contributed by atoms with E-state index >= 15 is 0 Å².